The maximum atomic E-state index is 12.4. The molecule has 284 valence electrons. The maximum absolute atomic E-state index is 12.4. The van der Waals surface area contributed by atoms with Gasteiger partial charge < -0.3 is 4.90 Å². The highest BCUT2D eigenvalue weighted by Gasteiger charge is 2.50. The number of likely N-dealkylation sites (tertiary alicyclic amines) is 2. The van der Waals surface area contributed by atoms with E-state index in [1.54, 1.807) is 0 Å². The van der Waals surface area contributed by atoms with Gasteiger partial charge in [-0.1, -0.05) is 69.1 Å². The average molecular weight is 759 g/mol. The first-order valence-corrected chi connectivity index (χ1v) is 21.8. The summed E-state index contributed by atoms with van der Waals surface area (Å²) in [5, 5.41) is 1.01. The largest absolute Gasteiger partial charge is 0.369 e. The number of rotatable bonds is 13. The molecule has 50 heavy (non-hydrogen) atoms. The van der Waals surface area contributed by atoms with Gasteiger partial charge in [0.1, 0.15) is 11.1 Å². The van der Waals surface area contributed by atoms with Crippen molar-refractivity contribution in [2.24, 2.45) is 0 Å². The van der Waals surface area contributed by atoms with E-state index in [0.29, 0.717) is 17.3 Å². The van der Waals surface area contributed by atoms with Gasteiger partial charge in [-0.15, -0.1) is 0 Å². The minimum Gasteiger partial charge on any atom is -0.369 e. The highest BCUT2D eigenvalue weighted by atomic mass is 79.9. The lowest BCUT2D eigenvalue weighted by Gasteiger charge is -2.42. The van der Waals surface area contributed by atoms with Gasteiger partial charge in [0.25, 0.3) is 0 Å². The van der Waals surface area contributed by atoms with Gasteiger partial charge in [0, 0.05) is 37.7 Å². The number of alkyl halides is 1. The highest BCUT2D eigenvalue weighted by Crippen LogP contribution is 2.43. The Labute approximate surface area is 315 Å². The number of nitrogens with zero attached hydrogens (tertiary/aromatic N) is 3. The lowest BCUT2D eigenvalue weighted by atomic mass is 9.74. The van der Waals surface area contributed by atoms with Gasteiger partial charge in [-0.05, 0) is 146 Å². The lowest BCUT2D eigenvalue weighted by molar-refractivity contribution is -0.129. The van der Waals surface area contributed by atoms with Crippen LogP contribution in [0.5, 0.6) is 0 Å². The van der Waals surface area contributed by atoms with Crippen molar-refractivity contribution in [1.29, 1.82) is 0 Å². The van der Waals surface area contributed by atoms with Gasteiger partial charge in [0.2, 0.25) is 0 Å². The number of ketones is 3. The average Bonchev–Trinajstić information content (AvgIpc) is 3.74. The molecule has 0 aromatic heterocycles. The SMILES string of the molecule is C/C=C1\CCCC(=O)C12CCCN2CCC.CCCCN(CCCBr)C1=C(CC)CCCC1=O.CCCN1CCCC12C(=O)CCC=C2CC. The van der Waals surface area contributed by atoms with Crippen molar-refractivity contribution in [3.05, 3.63) is 34.6 Å². The van der Waals surface area contributed by atoms with E-state index in [4.69, 9.17) is 0 Å². The number of hydrogen-bond donors (Lipinski definition) is 0. The Balaban J connectivity index is 0.000000203. The maximum Gasteiger partial charge on any atom is 0.178 e. The van der Waals surface area contributed by atoms with E-state index in [9.17, 15) is 14.4 Å². The standard InChI is InChI=1S/C15H26BrNO.2C14H23NO/c1-3-5-11-17(12-7-10-16)15-13(4-2)8-6-9-14(15)18;2*1-3-10-15-11-6-9-14(15)12(4-2)7-5-8-13(14)16/h3-12H2,1-2H3;7H,3-6,8-11H2,1-2H3;4H,3,5-11H2,1-2H3/b;;12-4+. The number of carbonyl (C=O) groups excluding carboxylic acids is 3. The summed E-state index contributed by atoms with van der Waals surface area (Å²) in [5.74, 6) is 1.35. The van der Waals surface area contributed by atoms with E-state index < -0.39 is 0 Å². The summed E-state index contributed by atoms with van der Waals surface area (Å²) in [6.45, 7) is 19.5. The van der Waals surface area contributed by atoms with Crippen molar-refractivity contribution in [3.63, 3.8) is 0 Å². The Morgan fingerprint density at radius 3 is 1.96 bits per heavy atom. The van der Waals surface area contributed by atoms with Crippen molar-refractivity contribution >= 4 is 33.3 Å². The fourth-order valence-corrected chi connectivity index (χ4v) is 9.86. The monoisotopic (exact) mass is 757 g/mol. The molecule has 0 radical (unpaired) electrons. The molecule has 7 heteroatoms. The number of carbonyl (C=O) groups is 3. The Morgan fingerprint density at radius 2 is 1.36 bits per heavy atom. The summed E-state index contributed by atoms with van der Waals surface area (Å²) >= 11 is 3.49. The molecule has 0 aromatic carbocycles. The van der Waals surface area contributed by atoms with Crippen molar-refractivity contribution < 1.29 is 14.4 Å². The normalized spacial score (nSPS) is 26.7. The second-order valence-corrected chi connectivity index (χ2v) is 15.8. The highest BCUT2D eigenvalue weighted by molar-refractivity contribution is 9.09. The second-order valence-electron chi connectivity index (χ2n) is 15.0. The first-order chi connectivity index (χ1) is 24.2. The molecular weight excluding hydrogens is 686 g/mol. The molecular formula is C43H72BrN3O3. The van der Waals surface area contributed by atoms with Crippen molar-refractivity contribution in [2.75, 3.05) is 44.6 Å². The third kappa shape index (κ3) is 9.89. The van der Waals surface area contributed by atoms with E-state index in [0.717, 1.165) is 147 Å². The van der Waals surface area contributed by atoms with Gasteiger partial charge in [-0.25, -0.2) is 0 Å². The topological polar surface area (TPSA) is 60.9 Å². The van der Waals surface area contributed by atoms with Gasteiger partial charge in [0.05, 0.1) is 5.70 Å². The van der Waals surface area contributed by atoms with Crippen LogP contribution in [0.15, 0.2) is 34.6 Å². The fourth-order valence-electron chi connectivity index (χ4n) is 9.61. The summed E-state index contributed by atoms with van der Waals surface area (Å²) in [5.41, 5.74) is 4.89. The van der Waals surface area contributed by atoms with Crippen LogP contribution in [0, 0.1) is 0 Å². The molecule has 3 aliphatic carbocycles. The molecule has 2 aliphatic heterocycles. The van der Waals surface area contributed by atoms with E-state index in [2.05, 4.69) is 84.3 Å². The number of allylic oxidation sites excluding steroid dienone is 4. The number of halogens is 1. The van der Waals surface area contributed by atoms with Crippen LogP contribution < -0.4 is 0 Å². The smallest absolute Gasteiger partial charge is 0.178 e. The minimum absolute atomic E-state index is 0.178. The van der Waals surface area contributed by atoms with Gasteiger partial charge >= 0.3 is 0 Å². The van der Waals surface area contributed by atoms with Crippen LogP contribution in [0.1, 0.15) is 164 Å². The van der Waals surface area contributed by atoms with Crippen LogP contribution in [-0.2, 0) is 14.4 Å². The summed E-state index contributed by atoms with van der Waals surface area (Å²) < 4.78 is 0. The molecule has 0 amide bonds. The van der Waals surface area contributed by atoms with E-state index in [-0.39, 0.29) is 11.1 Å². The zero-order valence-corrected chi connectivity index (χ0v) is 34.6. The van der Waals surface area contributed by atoms with Crippen LogP contribution in [0.25, 0.3) is 0 Å². The summed E-state index contributed by atoms with van der Waals surface area (Å²) in [4.78, 5) is 44.2. The first-order valence-electron chi connectivity index (χ1n) is 20.7. The summed E-state index contributed by atoms with van der Waals surface area (Å²) in [6, 6.07) is 0. The molecule has 2 unspecified atom stereocenters. The van der Waals surface area contributed by atoms with Crippen LogP contribution in [-0.4, -0.2) is 87.7 Å². The molecule has 1 saturated carbocycles. The second kappa shape index (κ2) is 21.8. The molecule has 2 spiro atoms. The van der Waals surface area contributed by atoms with Crippen LogP contribution in [0.3, 0.4) is 0 Å². The van der Waals surface area contributed by atoms with E-state index in [1.807, 2.05) is 0 Å². The van der Waals surface area contributed by atoms with Crippen LogP contribution in [0.4, 0.5) is 0 Å². The van der Waals surface area contributed by atoms with Gasteiger partial charge in [-0.3, -0.25) is 24.2 Å². The summed E-state index contributed by atoms with van der Waals surface area (Å²) in [6.07, 6.45) is 24.4. The Hall–Kier alpha value is -1.57. The molecule has 2 atom stereocenters. The third-order valence-corrected chi connectivity index (χ3v) is 12.5. The molecule has 0 N–H and O–H groups in total. The number of Topliss-reactive ketones (excluding diaryl/α,β-unsaturated/α-hetero) is 3. The van der Waals surface area contributed by atoms with Gasteiger partial charge in [0.15, 0.2) is 17.3 Å². The van der Waals surface area contributed by atoms with Crippen molar-refractivity contribution in [2.45, 2.75) is 175 Å². The molecule has 5 rings (SSSR count). The Morgan fingerprint density at radius 1 is 0.740 bits per heavy atom. The first kappa shape index (κ1) is 42.8. The molecule has 2 heterocycles. The molecule has 6 nitrogen and oxygen atoms in total. The van der Waals surface area contributed by atoms with Crippen molar-refractivity contribution in [3.8, 4) is 0 Å². The van der Waals surface area contributed by atoms with Crippen LogP contribution in [0.2, 0.25) is 0 Å². The predicted octanol–water partition coefficient (Wildman–Crippen LogP) is 10.2. The Bertz CT molecular complexity index is 1180. The zero-order valence-electron chi connectivity index (χ0n) is 33.0. The van der Waals surface area contributed by atoms with E-state index >= 15 is 0 Å². The molecule has 0 bridgehead atoms. The summed E-state index contributed by atoms with van der Waals surface area (Å²) in [7, 11) is 0. The predicted molar refractivity (Wildman–Crippen MR) is 214 cm³/mol. The van der Waals surface area contributed by atoms with Gasteiger partial charge in [-0.2, -0.15) is 0 Å². The minimum atomic E-state index is -0.178. The zero-order chi connectivity index (χ0) is 36.6. The fraction of sp³-hybridized carbons (Fsp3) is 0.791. The molecule has 5 aliphatic rings. The molecule has 0 aromatic rings. The van der Waals surface area contributed by atoms with Crippen LogP contribution >= 0.6 is 15.9 Å². The lowest BCUT2D eigenvalue weighted by Crippen LogP contribution is -2.53. The number of hydrogen-bond acceptors (Lipinski definition) is 6. The van der Waals surface area contributed by atoms with Crippen molar-refractivity contribution in [1.82, 2.24) is 14.7 Å². The quantitative estimate of drug-likeness (QED) is 0.138. The molecule has 2 saturated heterocycles. The molecule has 3 fully saturated rings. The Kier molecular flexibility index (Phi) is 18.7. The number of unbranched alkanes of at least 4 members (excludes halogenated alkanes) is 1. The third-order valence-electron chi connectivity index (χ3n) is 11.9. The van der Waals surface area contributed by atoms with E-state index in [1.165, 1.54) is 42.4 Å².